The molecule has 0 aliphatic carbocycles. The fourth-order valence-corrected chi connectivity index (χ4v) is 1.90. The van der Waals surface area contributed by atoms with Crippen molar-refractivity contribution in [3.05, 3.63) is 47.5 Å². The molecule has 1 atom stereocenters. The summed E-state index contributed by atoms with van der Waals surface area (Å²) in [5, 5.41) is 9.39. The van der Waals surface area contributed by atoms with Gasteiger partial charge >= 0.3 is 0 Å². The van der Waals surface area contributed by atoms with Crippen molar-refractivity contribution < 1.29 is 4.79 Å². The maximum Gasteiger partial charge on any atom is 0.251 e. The molecule has 1 aromatic heterocycles. The number of hydrogen-bond acceptors (Lipinski definition) is 4. The number of nitrogens with zero attached hydrogens (tertiary/aromatic N) is 3. The Morgan fingerprint density at radius 1 is 1.35 bits per heavy atom. The van der Waals surface area contributed by atoms with Crippen molar-refractivity contribution in [1.82, 2.24) is 25.4 Å². The zero-order chi connectivity index (χ0) is 14.5. The number of carbonyl (C=O) groups is 1. The Bertz CT molecular complexity index is 547. The first kappa shape index (κ1) is 14.2. The second-order valence-electron chi connectivity index (χ2n) is 5.00. The molecule has 0 aliphatic heterocycles. The predicted octanol–water partition coefficient (Wildman–Crippen LogP) is 1.36. The normalized spacial score (nSPS) is 12.4. The van der Waals surface area contributed by atoms with Gasteiger partial charge < -0.3 is 10.2 Å². The van der Waals surface area contributed by atoms with Crippen molar-refractivity contribution in [3.8, 4) is 0 Å². The summed E-state index contributed by atoms with van der Waals surface area (Å²) in [5.74, 6) is 0.521. The maximum atomic E-state index is 12.1. The van der Waals surface area contributed by atoms with E-state index in [9.17, 15) is 4.79 Å². The maximum absolute atomic E-state index is 12.1. The van der Waals surface area contributed by atoms with Crippen LogP contribution in [0.2, 0.25) is 0 Å². The van der Waals surface area contributed by atoms with Crippen LogP contribution in [0.3, 0.4) is 0 Å². The van der Waals surface area contributed by atoms with Gasteiger partial charge in [0.05, 0.1) is 6.04 Å². The van der Waals surface area contributed by atoms with Crippen LogP contribution in [0.4, 0.5) is 0 Å². The van der Waals surface area contributed by atoms with Crippen LogP contribution in [-0.4, -0.2) is 40.1 Å². The molecule has 0 fully saturated rings. The van der Waals surface area contributed by atoms with Crippen molar-refractivity contribution in [2.45, 2.75) is 19.5 Å². The molecule has 20 heavy (non-hydrogen) atoms. The molecule has 6 nitrogen and oxygen atoms in total. The Morgan fingerprint density at radius 2 is 2.05 bits per heavy atom. The lowest BCUT2D eigenvalue weighted by molar-refractivity contribution is 0.0938. The van der Waals surface area contributed by atoms with E-state index in [-0.39, 0.29) is 11.9 Å². The van der Waals surface area contributed by atoms with Gasteiger partial charge in [-0.1, -0.05) is 12.1 Å². The van der Waals surface area contributed by atoms with E-state index in [2.05, 4.69) is 25.4 Å². The van der Waals surface area contributed by atoms with Gasteiger partial charge in [-0.15, -0.1) is 0 Å². The molecule has 0 radical (unpaired) electrons. The van der Waals surface area contributed by atoms with E-state index in [1.807, 2.05) is 45.3 Å². The standard InChI is InChI=1S/C14H19N5O/c1-10(13-15-9-16-18-13)17-14(20)12-6-4-11(5-7-12)8-19(2)3/h4-7,9-10H,8H2,1-3H3,(H,17,20)(H,15,16,18). The molecule has 2 rings (SSSR count). The van der Waals surface area contributed by atoms with Crippen LogP contribution < -0.4 is 5.32 Å². The Balaban J connectivity index is 1.99. The van der Waals surface area contributed by atoms with Crippen LogP contribution in [0.5, 0.6) is 0 Å². The highest BCUT2D eigenvalue weighted by molar-refractivity contribution is 5.94. The van der Waals surface area contributed by atoms with Crippen molar-refractivity contribution in [2.75, 3.05) is 14.1 Å². The third kappa shape index (κ3) is 3.64. The molecule has 0 saturated heterocycles. The Hall–Kier alpha value is -2.21. The quantitative estimate of drug-likeness (QED) is 0.862. The average molecular weight is 273 g/mol. The molecule has 6 heteroatoms. The highest BCUT2D eigenvalue weighted by atomic mass is 16.1. The van der Waals surface area contributed by atoms with E-state index in [4.69, 9.17) is 0 Å². The Morgan fingerprint density at radius 3 is 2.60 bits per heavy atom. The summed E-state index contributed by atoms with van der Waals surface area (Å²) < 4.78 is 0. The molecule has 1 aromatic carbocycles. The minimum atomic E-state index is -0.202. The van der Waals surface area contributed by atoms with Crippen LogP contribution >= 0.6 is 0 Å². The molecular weight excluding hydrogens is 254 g/mol. The fraction of sp³-hybridized carbons (Fsp3) is 0.357. The summed E-state index contributed by atoms with van der Waals surface area (Å²) in [7, 11) is 4.03. The largest absolute Gasteiger partial charge is 0.342 e. The molecular formula is C14H19N5O. The van der Waals surface area contributed by atoms with Crippen LogP contribution in [-0.2, 0) is 6.54 Å². The van der Waals surface area contributed by atoms with E-state index >= 15 is 0 Å². The van der Waals surface area contributed by atoms with Crippen molar-refractivity contribution >= 4 is 5.91 Å². The molecule has 1 amide bonds. The number of hydrogen-bond donors (Lipinski definition) is 2. The molecule has 1 heterocycles. The summed E-state index contributed by atoms with van der Waals surface area (Å²) in [6.07, 6.45) is 1.42. The zero-order valence-corrected chi connectivity index (χ0v) is 11.9. The predicted molar refractivity (Wildman–Crippen MR) is 76.1 cm³/mol. The second-order valence-corrected chi connectivity index (χ2v) is 5.00. The minimum absolute atomic E-state index is 0.120. The summed E-state index contributed by atoms with van der Waals surface area (Å²) in [5.41, 5.74) is 1.81. The monoisotopic (exact) mass is 273 g/mol. The van der Waals surface area contributed by atoms with Gasteiger partial charge in [-0.05, 0) is 38.7 Å². The molecule has 0 saturated carbocycles. The summed E-state index contributed by atoms with van der Waals surface area (Å²) in [4.78, 5) is 18.2. The van der Waals surface area contributed by atoms with Gasteiger partial charge in [-0.2, -0.15) is 5.10 Å². The van der Waals surface area contributed by atoms with Crippen LogP contribution in [0.1, 0.15) is 34.7 Å². The van der Waals surface area contributed by atoms with E-state index in [0.29, 0.717) is 11.4 Å². The van der Waals surface area contributed by atoms with E-state index < -0.39 is 0 Å². The summed E-state index contributed by atoms with van der Waals surface area (Å²) in [6, 6.07) is 7.40. The second kappa shape index (κ2) is 6.29. The highest BCUT2D eigenvalue weighted by Crippen LogP contribution is 2.09. The fourth-order valence-electron chi connectivity index (χ4n) is 1.90. The molecule has 1 unspecified atom stereocenters. The van der Waals surface area contributed by atoms with Crippen molar-refractivity contribution in [2.24, 2.45) is 0 Å². The third-order valence-corrected chi connectivity index (χ3v) is 2.91. The van der Waals surface area contributed by atoms with E-state index in [1.165, 1.54) is 11.9 Å². The lowest BCUT2D eigenvalue weighted by atomic mass is 10.1. The van der Waals surface area contributed by atoms with E-state index in [0.717, 1.165) is 6.54 Å². The van der Waals surface area contributed by atoms with Gasteiger partial charge in [0.15, 0.2) is 0 Å². The molecule has 0 bridgehead atoms. The SMILES string of the molecule is CC(NC(=O)c1ccc(CN(C)C)cc1)c1ncn[nH]1. The first-order valence-electron chi connectivity index (χ1n) is 6.46. The number of amides is 1. The minimum Gasteiger partial charge on any atom is -0.342 e. The number of carbonyl (C=O) groups excluding carboxylic acids is 1. The van der Waals surface area contributed by atoms with Gasteiger partial charge in [0, 0.05) is 12.1 Å². The number of aromatic amines is 1. The topological polar surface area (TPSA) is 73.9 Å². The molecule has 2 N–H and O–H groups in total. The highest BCUT2D eigenvalue weighted by Gasteiger charge is 2.13. The Labute approximate surface area is 118 Å². The average Bonchev–Trinajstić information content (AvgIpc) is 2.92. The van der Waals surface area contributed by atoms with Gasteiger partial charge in [0.2, 0.25) is 0 Å². The molecule has 0 spiro atoms. The van der Waals surface area contributed by atoms with Crippen LogP contribution in [0.25, 0.3) is 0 Å². The van der Waals surface area contributed by atoms with Crippen molar-refractivity contribution in [3.63, 3.8) is 0 Å². The molecule has 0 aliphatic rings. The lowest BCUT2D eigenvalue weighted by Crippen LogP contribution is -2.27. The van der Waals surface area contributed by atoms with Crippen LogP contribution in [0.15, 0.2) is 30.6 Å². The zero-order valence-electron chi connectivity index (χ0n) is 11.9. The number of rotatable bonds is 5. The first-order chi connectivity index (χ1) is 9.56. The lowest BCUT2D eigenvalue weighted by Gasteiger charge is -2.12. The summed E-state index contributed by atoms with van der Waals surface area (Å²) in [6.45, 7) is 2.72. The van der Waals surface area contributed by atoms with Crippen LogP contribution in [0, 0.1) is 0 Å². The number of nitrogens with one attached hydrogen (secondary N) is 2. The number of H-pyrrole nitrogens is 1. The van der Waals surface area contributed by atoms with Crippen molar-refractivity contribution in [1.29, 1.82) is 0 Å². The van der Waals surface area contributed by atoms with Gasteiger partial charge in [-0.25, -0.2) is 4.98 Å². The molecule has 2 aromatic rings. The van der Waals surface area contributed by atoms with Gasteiger partial charge in [0.1, 0.15) is 12.2 Å². The number of benzene rings is 1. The Kier molecular flexibility index (Phi) is 4.47. The summed E-state index contributed by atoms with van der Waals surface area (Å²) >= 11 is 0. The third-order valence-electron chi connectivity index (χ3n) is 2.91. The van der Waals surface area contributed by atoms with E-state index in [1.54, 1.807) is 0 Å². The smallest absolute Gasteiger partial charge is 0.251 e. The van der Waals surface area contributed by atoms with Gasteiger partial charge in [0.25, 0.3) is 5.91 Å². The number of aromatic nitrogens is 3. The molecule has 106 valence electrons. The first-order valence-corrected chi connectivity index (χ1v) is 6.46. The van der Waals surface area contributed by atoms with Gasteiger partial charge in [-0.3, -0.25) is 9.89 Å².